The SMILES string of the molecule is CC(C)N1CCC(Nc2ccc(Cl)c(C(N)=O)c2)CC1. The Hall–Kier alpha value is -1.26. The summed E-state index contributed by atoms with van der Waals surface area (Å²) in [6.07, 6.45) is 2.21. The van der Waals surface area contributed by atoms with E-state index < -0.39 is 5.91 Å². The van der Waals surface area contributed by atoms with Gasteiger partial charge in [-0.2, -0.15) is 0 Å². The highest BCUT2D eigenvalue weighted by Crippen LogP contribution is 2.23. The van der Waals surface area contributed by atoms with Crippen LogP contribution in [0.4, 0.5) is 5.69 Å². The van der Waals surface area contributed by atoms with Crippen LogP contribution < -0.4 is 11.1 Å². The van der Waals surface area contributed by atoms with Crippen LogP contribution in [0.3, 0.4) is 0 Å². The van der Waals surface area contributed by atoms with Gasteiger partial charge >= 0.3 is 0 Å². The molecule has 0 bridgehead atoms. The van der Waals surface area contributed by atoms with Crippen LogP contribution in [0, 0.1) is 0 Å². The number of likely N-dealkylation sites (tertiary alicyclic amines) is 1. The Morgan fingerprint density at radius 3 is 2.60 bits per heavy atom. The number of halogens is 1. The third kappa shape index (κ3) is 3.64. The van der Waals surface area contributed by atoms with Crippen molar-refractivity contribution in [2.45, 2.75) is 38.8 Å². The molecule has 110 valence electrons. The maximum atomic E-state index is 11.3. The summed E-state index contributed by atoms with van der Waals surface area (Å²) in [5, 5.41) is 3.87. The number of hydrogen-bond acceptors (Lipinski definition) is 3. The van der Waals surface area contributed by atoms with Gasteiger partial charge in [0.1, 0.15) is 0 Å². The third-order valence-electron chi connectivity index (χ3n) is 3.86. The number of hydrogen-bond donors (Lipinski definition) is 2. The molecule has 0 aliphatic carbocycles. The molecule has 20 heavy (non-hydrogen) atoms. The molecule has 2 rings (SSSR count). The van der Waals surface area contributed by atoms with E-state index in [0.29, 0.717) is 22.7 Å². The maximum Gasteiger partial charge on any atom is 0.250 e. The van der Waals surface area contributed by atoms with Gasteiger partial charge in [0.25, 0.3) is 0 Å². The summed E-state index contributed by atoms with van der Waals surface area (Å²) in [4.78, 5) is 13.8. The molecule has 1 fully saturated rings. The van der Waals surface area contributed by atoms with Crippen LogP contribution in [0.1, 0.15) is 37.0 Å². The highest BCUT2D eigenvalue weighted by molar-refractivity contribution is 6.33. The second-order valence-corrected chi connectivity index (χ2v) is 6.01. The smallest absolute Gasteiger partial charge is 0.250 e. The molecule has 1 aromatic carbocycles. The first-order valence-electron chi connectivity index (χ1n) is 7.07. The Labute approximate surface area is 125 Å². The molecule has 0 spiro atoms. The zero-order valence-electron chi connectivity index (χ0n) is 12.0. The second-order valence-electron chi connectivity index (χ2n) is 5.61. The molecule has 1 aromatic rings. The number of rotatable bonds is 4. The molecule has 0 saturated carbocycles. The van der Waals surface area contributed by atoms with Gasteiger partial charge in [0.15, 0.2) is 0 Å². The van der Waals surface area contributed by atoms with Gasteiger partial charge in [0, 0.05) is 30.9 Å². The number of nitrogens with two attached hydrogens (primary N) is 1. The summed E-state index contributed by atoms with van der Waals surface area (Å²) in [5.74, 6) is -0.492. The Balaban J connectivity index is 1.98. The number of nitrogens with one attached hydrogen (secondary N) is 1. The summed E-state index contributed by atoms with van der Waals surface area (Å²) in [7, 11) is 0. The molecule has 1 aliphatic rings. The molecule has 0 aromatic heterocycles. The normalized spacial score (nSPS) is 17.4. The Kier molecular flexibility index (Phi) is 4.89. The molecule has 0 radical (unpaired) electrons. The zero-order chi connectivity index (χ0) is 14.7. The highest BCUT2D eigenvalue weighted by Gasteiger charge is 2.20. The van der Waals surface area contributed by atoms with Gasteiger partial charge in [-0.15, -0.1) is 0 Å². The predicted octanol–water partition coefficient (Wildman–Crippen LogP) is 2.72. The van der Waals surface area contributed by atoms with Gasteiger partial charge in [-0.25, -0.2) is 0 Å². The fourth-order valence-electron chi connectivity index (χ4n) is 2.60. The number of anilines is 1. The Bertz CT molecular complexity index is 482. The quantitative estimate of drug-likeness (QED) is 0.898. The number of piperidine rings is 1. The lowest BCUT2D eigenvalue weighted by Gasteiger charge is -2.35. The fraction of sp³-hybridized carbons (Fsp3) is 0.533. The summed E-state index contributed by atoms with van der Waals surface area (Å²) < 4.78 is 0. The molecule has 3 N–H and O–H groups in total. The highest BCUT2D eigenvalue weighted by atomic mass is 35.5. The minimum Gasteiger partial charge on any atom is -0.382 e. The molecule has 1 amide bonds. The second kappa shape index (κ2) is 6.46. The van der Waals surface area contributed by atoms with E-state index in [-0.39, 0.29) is 0 Å². The van der Waals surface area contributed by atoms with Crippen molar-refractivity contribution in [3.63, 3.8) is 0 Å². The van der Waals surface area contributed by atoms with Gasteiger partial charge in [0.2, 0.25) is 5.91 Å². The molecule has 0 atom stereocenters. The van der Waals surface area contributed by atoms with Gasteiger partial charge in [-0.1, -0.05) is 11.6 Å². The minimum atomic E-state index is -0.492. The van der Waals surface area contributed by atoms with E-state index in [2.05, 4.69) is 24.1 Å². The van der Waals surface area contributed by atoms with Gasteiger partial charge < -0.3 is 16.0 Å². The van der Waals surface area contributed by atoms with Crippen molar-refractivity contribution in [3.05, 3.63) is 28.8 Å². The predicted molar refractivity (Wildman–Crippen MR) is 83.3 cm³/mol. The van der Waals surface area contributed by atoms with Crippen molar-refractivity contribution in [1.29, 1.82) is 0 Å². The van der Waals surface area contributed by atoms with Crippen LogP contribution in [-0.4, -0.2) is 36.0 Å². The van der Waals surface area contributed by atoms with E-state index in [1.54, 1.807) is 12.1 Å². The number of carbonyl (C=O) groups is 1. The lowest BCUT2D eigenvalue weighted by Crippen LogP contribution is -2.42. The molecule has 5 heteroatoms. The molecule has 1 aliphatic heterocycles. The lowest BCUT2D eigenvalue weighted by molar-refractivity contribution is 0.100. The van der Waals surface area contributed by atoms with Crippen molar-refractivity contribution >= 4 is 23.2 Å². The fourth-order valence-corrected chi connectivity index (χ4v) is 2.81. The van der Waals surface area contributed by atoms with Crippen molar-refractivity contribution in [2.75, 3.05) is 18.4 Å². The van der Waals surface area contributed by atoms with E-state index in [4.69, 9.17) is 17.3 Å². The number of amides is 1. The first kappa shape index (κ1) is 15.1. The summed E-state index contributed by atoms with van der Waals surface area (Å²) in [6, 6.07) is 6.39. The van der Waals surface area contributed by atoms with E-state index in [0.717, 1.165) is 31.6 Å². The van der Waals surface area contributed by atoms with Crippen molar-refractivity contribution in [3.8, 4) is 0 Å². The largest absolute Gasteiger partial charge is 0.382 e. The van der Waals surface area contributed by atoms with Crippen molar-refractivity contribution in [1.82, 2.24) is 4.90 Å². The molecular weight excluding hydrogens is 274 g/mol. The standard InChI is InChI=1S/C15H22ClN3O/c1-10(2)19-7-5-11(6-8-19)18-12-3-4-14(16)13(9-12)15(17)20/h3-4,9-11,18H,5-8H2,1-2H3,(H2,17,20). The summed E-state index contributed by atoms with van der Waals surface area (Å²) in [5.41, 5.74) is 6.59. The zero-order valence-corrected chi connectivity index (χ0v) is 12.8. The van der Waals surface area contributed by atoms with E-state index in [1.165, 1.54) is 0 Å². The topological polar surface area (TPSA) is 58.4 Å². The summed E-state index contributed by atoms with van der Waals surface area (Å²) >= 11 is 5.95. The van der Waals surface area contributed by atoms with Gasteiger partial charge in [-0.3, -0.25) is 4.79 Å². The number of primary amides is 1. The van der Waals surface area contributed by atoms with E-state index >= 15 is 0 Å². The Morgan fingerprint density at radius 2 is 2.05 bits per heavy atom. The van der Waals surface area contributed by atoms with Crippen molar-refractivity contribution in [2.24, 2.45) is 5.73 Å². The maximum absolute atomic E-state index is 11.3. The van der Waals surface area contributed by atoms with Crippen LogP contribution in [0.5, 0.6) is 0 Å². The van der Waals surface area contributed by atoms with Crippen LogP contribution in [-0.2, 0) is 0 Å². The molecule has 1 heterocycles. The monoisotopic (exact) mass is 295 g/mol. The van der Waals surface area contributed by atoms with E-state index in [9.17, 15) is 4.79 Å². The average Bonchev–Trinajstić information content (AvgIpc) is 2.41. The van der Waals surface area contributed by atoms with E-state index in [1.807, 2.05) is 6.07 Å². The average molecular weight is 296 g/mol. The van der Waals surface area contributed by atoms with Crippen LogP contribution in [0.2, 0.25) is 5.02 Å². The number of carbonyl (C=O) groups excluding carboxylic acids is 1. The summed E-state index contributed by atoms with van der Waals surface area (Å²) in [6.45, 7) is 6.66. The van der Waals surface area contributed by atoms with Crippen LogP contribution in [0.15, 0.2) is 18.2 Å². The molecule has 4 nitrogen and oxygen atoms in total. The van der Waals surface area contributed by atoms with Gasteiger partial charge in [0.05, 0.1) is 10.6 Å². The minimum absolute atomic E-state index is 0.372. The number of benzene rings is 1. The Morgan fingerprint density at radius 1 is 1.40 bits per heavy atom. The van der Waals surface area contributed by atoms with Crippen molar-refractivity contribution < 1.29 is 4.79 Å². The first-order chi connectivity index (χ1) is 9.47. The lowest BCUT2D eigenvalue weighted by atomic mass is 10.0. The molecular formula is C15H22ClN3O. The third-order valence-corrected chi connectivity index (χ3v) is 4.19. The van der Waals surface area contributed by atoms with Crippen LogP contribution >= 0.6 is 11.6 Å². The number of nitrogens with zero attached hydrogens (tertiary/aromatic N) is 1. The van der Waals surface area contributed by atoms with Crippen LogP contribution in [0.25, 0.3) is 0 Å². The molecule has 1 saturated heterocycles. The molecule has 0 unspecified atom stereocenters. The van der Waals surface area contributed by atoms with Gasteiger partial charge in [-0.05, 0) is 44.9 Å². The first-order valence-corrected chi connectivity index (χ1v) is 7.45.